The Morgan fingerprint density at radius 2 is 1.89 bits per heavy atom. The number of allylic oxidation sites excluding steroid dienone is 1. The van der Waals surface area contributed by atoms with Gasteiger partial charge in [-0.3, -0.25) is 9.59 Å². The second-order valence-corrected chi connectivity index (χ2v) is 13.7. The Hall–Kier alpha value is -2.70. The van der Waals surface area contributed by atoms with Gasteiger partial charge < -0.3 is 33.9 Å². The number of carbonyl (C=O) groups excluding carboxylic acids is 3. The van der Waals surface area contributed by atoms with Gasteiger partial charge in [-0.1, -0.05) is 32.0 Å². The van der Waals surface area contributed by atoms with Gasteiger partial charge in [0.1, 0.15) is 18.1 Å². The summed E-state index contributed by atoms with van der Waals surface area (Å²) < 4.78 is 24.6. The zero-order chi connectivity index (χ0) is 34.3. The molecular formula is C33H55N5O8. The second kappa shape index (κ2) is 16.4. The van der Waals surface area contributed by atoms with Gasteiger partial charge in [0.25, 0.3) is 0 Å². The maximum absolute atomic E-state index is 13.9. The fourth-order valence-corrected chi connectivity index (χ4v) is 7.37. The molecule has 0 aromatic rings. The normalized spacial score (nSPS) is 39.1. The predicted molar refractivity (Wildman–Crippen MR) is 172 cm³/mol. The van der Waals surface area contributed by atoms with Crippen LogP contribution < -0.4 is 0 Å². The lowest BCUT2D eigenvalue weighted by atomic mass is 9.79. The van der Waals surface area contributed by atoms with Crippen LogP contribution in [0.3, 0.4) is 0 Å². The maximum atomic E-state index is 13.9. The summed E-state index contributed by atoms with van der Waals surface area (Å²) in [6.45, 7) is 13.6. The molecule has 3 unspecified atom stereocenters. The minimum absolute atomic E-state index is 0.0469. The highest BCUT2D eigenvalue weighted by atomic mass is 16.7. The van der Waals surface area contributed by atoms with E-state index in [4.69, 9.17) is 24.5 Å². The number of cyclic esters (lactones) is 1. The van der Waals surface area contributed by atoms with E-state index in [1.54, 1.807) is 11.8 Å². The summed E-state index contributed by atoms with van der Waals surface area (Å²) in [6, 6.07) is -0.586. The number of likely N-dealkylation sites (N-methyl/N-ethyl adjacent to an activating group) is 1. The highest BCUT2D eigenvalue weighted by Gasteiger charge is 2.58. The van der Waals surface area contributed by atoms with Crippen molar-refractivity contribution in [1.82, 2.24) is 9.80 Å². The molecular weight excluding hydrogens is 594 g/mol. The van der Waals surface area contributed by atoms with Gasteiger partial charge in [-0.05, 0) is 97.3 Å². The van der Waals surface area contributed by atoms with Gasteiger partial charge in [-0.25, -0.2) is 4.79 Å². The Morgan fingerprint density at radius 1 is 1.20 bits per heavy atom. The third kappa shape index (κ3) is 8.41. The van der Waals surface area contributed by atoms with E-state index in [9.17, 15) is 19.5 Å². The van der Waals surface area contributed by atoms with E-state index < -0.39 is 60.1 Å². The van der Waals surface area contributed by atoms with E-state index in [-0.39, 0.29) is 23.8 Å². The minimum atomic E-state index is -1.14. The lowest BCUT2D eigenvalue weighted by Crippen LogP contribution is -2.56. The van der Waals surface area contributed by atoms with Crippen LogP contribution in [-0.2, 0) is 28.5 Å². The second-order valence-electron chi connectivity index (χ2n) is 13.7. The zero-order valence-electron chi connectivity index (χ0n) is 29.0. The van der Waals surface area contributed by atoms with Gasteiger partial charge in [-0.2, -0.15) is 0 Å². The van der Waals surface area contributed by atoms with Crippen LogP contribution in [0.4, 0.5) is 4.79 Å². The topological polar surface area (TPSA) is 164 Å². The molecule has 0 radical (unpaired) electrons. The SMILES string of the molecule is CC[C@H]1OC(=O)[C@H](C)C(=O)[C@@H](C)[C@@H](O[C@@H]2OC(C)CC(N(C)C)C2O)/C(C)=C/CC[C@H](C)[C@H]2N(CCCCN=[N+]=[N-])C(=O)O[C@]12C. The number of rotatable bonds is 9. The first kappa shape index (κ1) is 37.8. The summed E-state index contributed by atoms with van der Waals surface area (Å²) in [7, 11) is 3.80. The number of nitrogens with zero attached hydrogens (tertiary/aromatic N) is 5. The van der Waals surface area contributed by atoms with Crippen molar-refractivity contribution in [3.63, 3.8) is 0 Å². The van der Waals surface area contributed by atoms with Crippen LogP contribution in [0.1, 0.15) is 87.0 Å². The van der Waals surface area contributed by atoms with Crippen LogP contribution in [0.2, 0.25) is 0 Å². The molecule has 0 aliphatic carbocycles. The number of amides is 1. The summed E-state index contributed by atoms with van der Waals surface area (Å²) in [4.78, 5) is 47.2. The standard InChI is InChI=1S/C33H55N5O8/c1-10-25-33(7)29(38(32(42)46-33)17-12-11-16-35-36-34)20(3)15-13-14-19(2)28(22(5)26(39)23(6)30(41)44-25)45-31-27(40)24(37(8)9)18-21(4)43-31/h14,20-25,27-29,31,40H,10-13,15-18H2,1-9H3/b19-14+/t20-,21?,22+,23+,24?,25+,27?,28-,29+,31-,33+/m0/s1. The predicted octanol–water partition coefficient (Wildman–Crippen LogP) is 5.01. The third-order valence-corrected chi connectivity index (χ3v) is 10.0. The first-order chi connectivity index (χ1) is 21.7. The lowest BCUT2D eigenvalue weighted by molar-refractivity contribution is -0.267. The number of aliphatic hydroxyl groups is 1. The number of fused-ring (bicyclic) bond motifs is 1. The van der Waals surface area contributed by atoms with Crippen LogP contribution in [0, 0.1) is 17.8 Å². The number of unbranched alkanes of at least 4 members (excludes halogenated alkanes) is 1. The molecule has 0 aromatic carbocycles. The van der Waals surface area contributed by atoms with E-state index in [1.807, 2.05) is 52.8 Å². The van der Waals surface area contributed by atoms with E-state index in [0.29, 0.717) is 51.6 Å². The molecule has 1 amide bonds. The third-order valence-electron chi connectivity index (χ3n) is 10.0. The van der Waals surface area contributed by atoms with Crippen molar-refractivity contribution in [2.75, 3.05) is 27.2 Å². The highest BCUT2D eigenvalue weighted by Crippen LogP contribution is 2.41. The van der Waals surface area contributed by atoms with E-state index in [1.165, 1.54) is 6.92 Å². The highest BCUT2D eigenvalue weighted by molar-refractivity contribution is 6.00. The Labute approximate surface area is 273 Å². The average molecular weight is 650 g/mol. The fraction of sp³-hybridized carbons (Fsp3) is 0.848. The number of ketones is 1. The molecule has 260 valence electrons. The number of carbonyl (C=O) groups is 3. The maximum Gasteiger partial charge on any atom is 0.410 e. The van der Waals surface area contributed by atoms with Crippen molar-refractivity contribution in [2.45, 2.75) is 135 Å². The smallest absolute Gasteiger partial charge is 0.410 e. The molecule has 3 rings (SSSR count). The van der Waals surface area contributed by atoms with Crippen LogP contribution in [0.5, 0.6) is 0 Å². The van der Waals surface area contributed by atoms with Gasteiger partial charge >= 0.3 is 12.1 Å². The van der Waals surface area contributed by atoms with Crippen molar-refractivity contribution < 1.29 is 38.4 Å². The molecule has 46 heavy (non-hydrogen) atoms. The Kier molecular flexibility index (Phi) is 13.5. The summed E-state index contributed by atoms with van der Waals surface area (Å²) >= 11 is 0. The van der Waals surface area contributed by atoms with E-state index >= 15 is 0 Å². The number of azide groups is 1. The molecule has 0 saturated carbocycles. The summed E-state index contributed by atoms with van der Waals surface area (Å²) in [6.07, 6.45) is 1.56. The van der Waals surface area contributed by atoms with Gasteiger partial charge in [-0.15, -0.1) is 0 Å². The van der Waals surface area contributed by atoms with E-state index in [0.717, 1.165) is 5.57 Å². The van der Waals surface area contributed by atoms with Gasteiger partial charge in [0.15, 0.2) is 17.7 Å². The number of esters is 1. The molecule has 0 bridgehead atoms. The number of hydrogen-bond donors (Lipinski definition) is 1. The minimum Gasteiger partial charge on any atom is -0.458 e. The monoisotopic (exact) mass is 649 g/mol. The summed E-state index contributed by atoms with van der Waals surface area (Å²) in [5, 5.41) is 14.8. The van der Waals surface area contributed by atoms with Crippen LogP contribution >= 0.6 is 0 Å². The largest absolute Gasteiger partial charge is 0.458 e. The molecule has 0 spiro atoms. The van der Waals surface area contributed by atoms with Crippen LogP contribution in [0.15, 0.2) is 16.8 Å². The number of Topliss-reactive ketones (excluding diaryl/α,β-unsaturated/α-hetero) is 1. The molecule has 11 atom stereocenters. The molecule has 3 heterocycles. The molecule has 2 saturated heterocycles. The molecule has 13 heteroatoms. The van der Waals surface area contributed by atoms with Crippen molar-refractivity contribution in [1.29, 1.82) is 0 Å². The fourth-order valence-electron chi connectivity index (χ4n) is 7.37. The summed E-state index contributed by atoms with van der Waals surface area (Å²) in [5.74, 6) is -2.93. The Bertz CT molecular complexity index is 1160. The van der Waals surface area contributed by atoms with Crippen molar-refractivity contribution in [2.24, 2.45) is 22.9 Å². The van der Waals surface area contributed by atoms with Crippen LogP contribution in [-0.4, -0.2) is 108 Å². The lowest BCUT2D eigenvalue weighted by Gasteiger charge is -2.43. The van der Waals surface area contributed by atoms with Gasteiger partial charge in [0, 0.05) is 30.0 Å². The molecule has 3 aliphatic heterocycles. The van der Waals surface area contributed by atoms with E-state index in [2.05, 4.69) is 16.9 Å². The molecule has 3 aliphatic rings. The summed E-state index contributed by atoms with van der Waals surface area (Å²) in [5.41, 5.74) is 8.27. The molecule has 0 aromatic heterocycles. The van der Waals surface area contributed by atoms with Gasteiger partial charge in [0.2, 0.25) is 0 Å². The Balaban J connectivity index is 1.97. The quantitative estimate of drug-likeness (QED) is 0.0688. The van der Waals surface area contributed by atoms with Crippen molar-refractivity contribution in [3.8, 4) is 0 Å². The van der Waals surface area contributed by atoms with Gasteiger partial charge in [0.05, 0.1) is 18.2 Å². The average Bonchev–Trinajstić information content (AvgIpc) is 3.27. The molecule has 1 N–H and O–H groups in total. The first-order valence-corrected chi connectivity index (χ1v) is 16.7. The molecule has 13 nitrogen and oxygen atoms in total. The van der Waals surface area contributed by atoms with Crippen molar-refractivity contribution >= 4 is 17.8 Å². The Morgan fingerprint density at radius 3 is 2.52 bits per heavy atom. The van der Waals surface area contributed by atoms with Crippen LogP contribution in [0.25, 0.3) is 10.4 Å². The number of ether oxygens (including phenoxy) is 4. The first-order valence-electron chi connectivity index (χ1n) is 16.7. The zero-order valence-corrected chi connectivity index (χ0v) is 29.0. The van der Waals surface area contributed by atoms with Crippen molar-refractivity contribution in [3.05, 3.63) is 22.1 Å². The number of hydrogen-bond acceptors (Lipinski definition) is 10. The number of aliphatic hydroxyl groups excluding tert-OH is 1. The molecule has 2 fully saturated rings.